The van der Waals surface area contributed by atoms with E-state index < -0.39 is 5.97 Å². The Morgan fingerprint density at radius 3 is 2.44 bits per heavy atom. The van der Waals surface area contributed by atoms with E-state index in [0.29, 0.717) is 12.0 Å². The molecular formula is C18H28Cl2N2O3. The molecule has 25 heavy (non-hydrogen) atoms. The molecule has 3 rings (SSSR count). The van der Waals surface area contributed by atoms with Gasteiger partial charge in [-0.1, -0.05) is 18.9 Å². The van der Waals surface area contributed by atoms with E-state index in [4.69, 9.17) is 4.74 Å². The Hall–Kier alpha value is -1.01. The zero-order chi connectivity index (χ0) is 16.2. The fourth-order valence-corrected chi connectivity index (χ4v) is 3.97. The van der Waals surface area contributed by atoms with Crippen LogP contribution in [0.25, 0.3) is 0 Å². The number of aromatic hydroxyl groups is 1. The lowest BCUT2D eigenvalue weighted by Crippen LogP contribution is -2.46. The minimum Gasteiger partial charge on any atom is -0.504 e. The maximum atomic E-state index is 11.1. The number of benzene rings is 1. The van der Waals surface area contributed by atoms with Gasteiger partial charge in [-0.2, -0.15) is 0 Å². The molecule has 1 saturated carbocycles. The van der Waals surface area contributed by atoms with Gasteiger partial charge in [0.15, 0.2) is 11.5 Å². The largest absolute Gasteiger partial charge is 0.504 e. The molecule has 1 aliphatic heterocycles. The standard InChI is InChI=1S/C18H26N2O3.2ClH/c1-13(21)23-17-7-6-15(12-16(17)22)18(14-4-2-3-5-14)20-10-8-19-9-11-20;;/h6-7,12,14,18-19,22H,2-5,8-11H2,1H3;2*1H/t18-;;/m0../s1. The van der Waals surface area contributed by atoms with Crippen LogP contribution in [-0.4, -0.2) is 42.2 Å². The first-order valence-corrected chi connectivity index (χ1v) is 8.61. The second-order valence-corrected chi connectivity index (χ2v) is 6.60. The number of hydrogen-bond acceptors (Lipinski definition) is 5. The molecule has 1 aromatic rings. The number of phenols is 1. The SMILES string of the molecule is CC(=O)Oc1ccc([C@H](C2CCCC2)N2CCNCC2)cc1O.Cl.Cl. The normalized spacial score (nSPS) is 19.6. The van der Waals surface area contributed by atoms with Crippen molar-refractivity contribution in [2.24, 2.45) is 5.92 Å². The van der Waals surface area contributed by atoms with Crippen LogP contribution in [0.2, 0.25) is 0 Å². The number of carbonyl (C=O) groups excluding carboxylic acids is 1. The predicted molar refractivity (Wildman–Crippen MR) is 103 cm³/mol. The first-order valence-electron chi connectivity index (χ1n) is 8.61. The van der Waals surface area contributed by atoms with E-state index in [9.17, 15) is 9.90 Å². The summed E-state index contributed by atoms with van der Waals surface area (Å²) in [5.74, 6) is 0.525. The summed E-state index contributed by atoms with van der Waals surface area (Å²) in [4.78, 5) is 13.6. The summed E-state index contributed by atoms with van der Waals surface area (Å²) < 4.78 is 5.04. The molecule has 2 aliphatic rings. The molecular weight excluding hydrogens is 363 g/mol. The van der Waals surface area contributed by atoms with Crippen LogP contribution in [0.15, 0.2) is 18.2 Å². The number of piperazine rings is 1. The first kappa shape index (κ1) is 22.0. The van der Waals surface area contributed by atoms with Gasteiger partial charge in [0.05, 0.1) is 0 Å². The van der Waals surface area contributed by atoms with E-state index in [1.54, 1.807) is 12.1 Å². The molecule has 0 radical (unpaired) electrons. The third kappa shape index (κ3) is 5.48. The third-order valence-electron chi connectivity index (χ3n) is 4.97. The van der Waals surface area contributed by atoms with Crippen LogP contribution in [0.4, 0.5) is 0 Å². The second kappa shape index (κ2) is 10.2. The number of nitrogens with zero attached hydrogens (tertiary/aromatic N) is 1. The highest BCUT2D eigenvalue weighted by Crippen LogP contribution is 2.41. The molecule has 5 nitrogen and oxygen atoms in total. The van der Waals surface area contributed by atoms with Crippen molar-refractivity contribution >= 4 is 30.8 Å². The number of esters is 1. The number of hydrogen-bond donors (Lipinski definition) is 2. The van der Waals surface area contributed by atoms with E-state index in [1.165, 1.54) is 32.6 Å². The zero-order valence-corrected chi connectivity index (χ0v) is 16.2. The first-order chi connectivity index (χ1) is 11.1. The average molecular weight is 391 g/mol. The smallest absolute Gasteiger partial charge is 0.308 e. The van der Waals surface area contributed by atoms with Crippen LogP contribution < -0.4 is 10.1 Å². The zero-order valence-electron chi connectivity index (χ0n) is 14.6. The summed E-state index contributed by atoms with van der Waals surface area (Å²) in [5.41, 5.74) is 1.13. The van der Waals surface area contributed by atoms with E-state index in [0.717, 1.165) is 31.7 Å². The Morgan fingerprint density at radius 2 is 1.88 bits per heavy atom. The Labute approximate surface area is 161 Å². The molecule has 2 N–H and O–H groups in total. The highest BCUT2D eigenvalue weighted by molar-refractivity contribution is 5.85. The molecule has 1 aromatic carbocycles. The van der Waals surface area contributed by atoms with Crippen LogP contribution in [0.5, 0.6) is 11.5 Å². The molecule has 0 unspecified atom stereocenters. The highest BCUT2D eigenvalue weighted by atomic mass is 35.5. The Bertz CT molecular complexity index is 559. The fourth-order valence-electron chi connectivity index (χ4n) is 3.97. The summed E-state index contributed by atoms with van der Waals surface area (Å²) in [6.07, 6.45) is 5.09. The molecule has 142 valence electrons. The van der Waals surface area contributed by atoms with E-state index in [-0.39, 0.29) is 36.3 Å². The summed E-state index contributed by atoms with van der Waals surface area (Å²) in [6.45, 7) is 5.44. The lowest BCUT2D eigenvalue weighted by molar-refractivity contribution is -0.132. The van der Waals surface area contributed by atoms with E-state index >= 15 is 0 Å². The second-order valence-electron chi connectivity index (χ2n) is 6.60. The van der Waals surface area contributed by atoms with Crippen molar-refractivity contribution in [3.63, 3.8) is 0 Å². The van der Waals surface area contributed by atoms with Crippen LogP contribution in [0, 0.1) is 5.92 Å². The number of halogens is 2. The quantitative estimate of drug-likeness (QED) is 0.609. The third-order valence-corrected chi connectivity index (χ3v) is 4.97. The van der Waals surface area contributed by atoms with Crippen molar-refractivity contribution in [3.05, 3.63) is 23.8 Å². The number of ether oxygens (including phenoxy) is 1. The summed E-state index contributed by atoms with van der Waals surface area (Å²) in [7, 11) is 0. The molecule has 0 bridgehead atoms. The van der Waals surface area contributed by atoms with Gasteiger partial charge in [-0.05, 0) is 36.5 Å². The van der Waals surface area contributed by atoms with Crippen molar-refractivity contribution in [1.82, 2.24) is 10.2 Å². The van der Waals surface area contributed by atoms with Crippen LogP contribution in [-0.2, 0) is 4.79 Å². The molecule has 0 amide bonds. The van der Waals surface area contributed by atoms with Gasteiger partial charge in [-0.25, -0.2) is 0 Å². The van der Waals surface area contributed by atoms with Gasteiger partial charge in [0.25, 0.3) is 0 Å². The molecule has 0 aromatic heterocycles. The maximum absolute atomic E-state index is 11.1. The van der Waals surface area contributed by atoms with Crippen molar-refractivity contribution in [1.29, 1.82) is 0 Å². The minimum absolute atomic E-state index is 0. The Kier molecular flexibility index (Phi) is 9.00. The van der Waals surface area contributed by atoms with E-state index in [1.807, 2.05) is 6.07 Å². The lowest BCUT2D eigenvalue weighted by Gasteiger charge is -2.38. The summed E-state index contributed by atoms with van der Waals surface area (Å²) in [5, 5.41) is 13.6. The van der Waals surface area contributed by atoms with Crippen molar-refractivity contribution in [2.75, 3.05) is 26.2 Å². The summed E-state index contributed by atoms with van der Waals surface area (Å²) in [6, 6.07) is 5.85. The van der Waals surface area contributed by atoms with Crippen LogP contribution >= 0.6 is 24.8 Å². The maximum Gasteiger partial charge on any atom is 0.308 e. The van der Waals surface area contributed by atoms with Gasteiger partial charge in [0.1, 0.15) is 0 Å². The number of phenolic OH excluding ortho intramolecular Hbond substituents is 1. The van der Waals surface area contributed by atoms with Gasteiger partial charge in [-0.3, -0.25) is 9.69 Å². The average Bonchev–Trinajstić information content (AvgIpc) is 3.05. The van der Waals surface area contributed by atoms with Crippen molar-refractivity contribution in [2.45, 2.75) is 38.6 Å². The lowest BCUT2D eigenvalue weighted by atomic mass is 9.89. The molecule has 1 saturated heterocycles. The van der Waals surface area contributed by atoms with Gasteiger partial charge < -0.3 is 15.2 Å². The monoisotopic (exact) mass is 390 g/mol. The van der Waals surface area contributed by atoms with Crippen LogP contribution in [0.3, 0.4) is 0 Å². The van der Waals surface area contributed by atoms with Gasteiger partial charge >= 0.3 is 5.97 Å². The van der Waals surface area contributed by atoms with Gasteiger partial charge in [0.2, 0.25) is 0 Å². The molecule has 1 heterocycles. The van der Waals surface area contributed by atoms with E-state index in [2.05, 4.69) is 10.2 Å². The number of rotatable bonds is 4. The summed E-state index contributed by atoms with van der Waals surface area (Å²) >= 11 is 0. The van der Waals surface area contributed by atoms with Crippen molar-refractivity contribution < 1.29 is 14.6 Å². The van der Waals surface area contributed by atoms with Crippen molar-refractivity contribution in [3.8, 4) is 11.5 Å². The van der Waals surface area contributed by atoms with Gasteiger partial charge in [0, 0.05) is 39.1 Å². The molecule has 0 spiro atoms. The molecule has 1 atom stereocenters. The topological polar surface area (TPSA) is 61.8 Å². The predicted octanol–water partition coefficient (Wildman–Crippen LogP) is 3.30. The minimum atomic E-state index is -0.414. The number of carbonyl (C=O) groups is 1. The molecule has 1 aliphatic carbocycles. The van der Waals surface area contributed by atoms with Crippen LogP contribution in [0.1, 0.15) is 44.2 Å². The Morgan fingerprint density at radius 1 is 1.24 bits per heavy atom. The van der Waals surface area contributed by atoms with Gasteiger partial charge in [-0.15, -0.1) is 24.8 Å². The Balaban J connectivity index is 0.00000156. The molecule has 2 fully saturated rings. The number of nitrogens with one attached hydrogen (secondary N) is 1. The highest BCUT2D eigenvalue weighted by Gasteiger charge is 2.32. The molecule has 7 heteroatoms. The fraction of sp³-hybridized carbons (Fsp3) is 0.611.